The summed E-state index contributed by atoms with van der Waals surface area (Å²) < 4.78 is 7.71. The molecule has 0 unspecified atom stereocenters. The molecule has 0 aliphatic carbocycles. The molecule has 0 spiro atoms. The molecule has 0 fully saturated rings. The molecule has 158 valence electrons. The van der Waals surface area contributed by atoms with Gasteiger partial charge in [0.15, 0.2) is 15.7 Å². The van der Waals surface area contributed by atoms with E-state index in [0.29, 0.717) is 38.7 Å². The number of carbonyl (C=O) groups excluding carboxylic acids is 1. The van der Waals surface area contributed by atoms with Gasteiger partial charge in [-0.1, -0.05) is 29.5 Å². The highest BCUT2D eigenvalue weighted by atomic mass is 32.1. The number of aryl methyl sites for hydroxylation is 1. The lowest BCUT2D eigenvalue weighted by Crippen LogP contribution is -2.12. The Balaban J connectivity index is 1.57. The molecular formula is C20H18N6O2S3. The number of aromatic nitrogens is 5. The Morgan fingerprint density at radius 2 is 2.19 bits per heavy atom. The van der Waals surface area contributed by atoms with Crippen molar-refractivity contribution >= 4 is 45.9 Å². The first kappa shape index (κ1) is 21.1. The summed E-state index contributed by atoms with van der Waals surface area (Å²) in [5.41, 5.74) is 1.90. The lowest BCUT2D eigenvalue weighted by Gasteiger charge is -2.04. The van der Waals surface area contributed by atoms with E-state index in [-0.39, 0.29) is 5.91 Å². The number of ether oxygens (including phenoxy) is 1. The number of nitrogens with one attached hydrogen (secondary N) is 2. The Hall–Kier alpha value is -3.15. The van der Waals surface area contributed by atoms with Crippen LogP contribution in [0.25, 0.3) is 21.3 Å². The Kier molecular flexibility index (Phi) is 6.07. The number of rotatable bonds is 7. The number of carbonyl (C=O) groups is 1. The second kappa shape index (κ2) is 8.92. The molecule has 4 rings (SSSR count). The van der Waals surface area contributed by atoms with Crippen molar-refractivity contribution in [2.75, 3.05) is 12.4 Å². The zero-order valence-corrected chi connectivity index (χ0v) is 19.2. The largest absolute Gasteiger partial charge is 0.496 e. The van der Waals surface area contributed by atoms with Gasteiger partial charge in [0.25, 0.3) is 5.91 Å². The van der Waals surface area contributed by atoms with Crippen LogP contribution in [0.5, 0.6) is 5.75 Å². The van der Waals surface area contributed by atoms with Crippen molar-refractivity contribution in [3.63, 3.8) is 0 Å². The first-order valence-electron chi connectivity index (χ1n) is 9.16. The first-order valence-corrected chi connectivity index (χ1v) is 11.3. The molecule has 1 amide bonds. The molecule has 0 radical (unpaired) electrons. The van der Waals surface area contributed by atoms with Crippen molar-refractivity contribution in [3.8, 4) is 27.0 Å². The third kappa shape index (κ3) is 4.20. The Morgan fingerprint density at radius 1 is 1.39 bits per heavy atom. The van der Waals surface area contributed by atoms with Crippen molar-refractivity contribution in [3.05, 3.63) is 58.5 Å². The van der Waals surface area contributed by atoms with E-state index >= 15 is 0 Å². The van der Waals surface area contributed by atoms with E-state index in [2.05, 4.69) is 32.1 Å². The smallest absolute Gasteiger partial charge is 0.276 e. The van der Waals surface area contributed by atoms with Crippen molar-refractivity contribution < 1.29 is 9.53 Å². The quantitative estimate of drug-likeness (QED) is 0.293. The predicted octanol–water partition coefficient (Wildman–Crippen LogP) is 4.94. The lowest BCUT2D eigenvalue weighted by atomic mass is 10.2. The number of methoxy groups -OCH3 is 1. The third-order valence-electron chi connectivity index (χ3n) is 4.36. The van der Waals surface area contributed by atoms with E-state index in [1.165, 1.54) is 22.7 Å². The molecule has 0 aliphatic rings. The number of allylic oxidation sites excluding steroid dienone is 1. The van der Waals surface area contributed by atoms with Crippen LogP contribution in [0.4, 0.5) is 5.13 Å². The number of thiazole rings is 2. The number of H-pyrrole nitrogens is 1. The topological polar surface area (TPSA) is 97.7 Å². The van der Waals surface area contributed by atoms with Crippen molar-refractivity contribution in [1.29, 1.82) is 0 Å². The molecule has 1 aromatic carbocycles. The Labute approximate surface area is 191 Å². The minimum atomic E-state index is -0.331. The third-order valence-corrected chi connectivity index (χ3v) is 6.62. The number of nitrogens with zero attached hydrogens (tertiary/aromatic N) is 4. The summed E-state index contributed by atoms with van der Waals surface area (Å²) in [4.78, 5) is 22.5. The fourth-order valence-corrected chi connectivity index (χ4v) is 4.93. The number of aromatic amines is 1. The normalized spacial score (nSPS) is 10.8. The summed E-state index contributed by atoms with van der Waals surface area (Å²) in [6, 6.07) is 7.56. The number of amides is 1. The maximum absolute atomic E-state index is 12.8. The molecule has 3 aromatic heterocycles. The van der Waals surface area contributed by atoms with Gasteiger partial charge >= 0.3 is 0 Å². The second-order valence-corrected chi connectivity index (χ2v) is 8.62. The lowest BCUT2D eigenvalue weighted by molar-refractivity contribution is 0.102. The summed E-state index contributed by atoms with van der Waals surface area (Å²) in [5, 5.41) is 12.8. The molecule has 2 N–H and O–H groups in total. The zero-order chi connectivity index (χ0) is 22.0. The molecule has 3 heterocycles. The molecule has 0 bridgehead atoms. The molecule has 11 heteroatoms. The molecule has 4 aromatic rings. The van der Waals surface area contributed by atoms with E-state index in [1.54, 1.807) is 18.6 Å². The van der Waals surface area contributed by atoms with Gasteiger partial charge in [0, 0.05) is 11.9 Å². The number of anilines is 1. The Morgan fingerprint density at radius 3 is 2.97 bits per heavy atom. The van der Waals surface area contributed by atoms with Gasteiger partial charge in [-0.05, 0) is 31.3 Å². The van der Waals surface area contributed by atoms with Crippen LogP contribution in [-0.4, -0.2) is 37.7 Å². The molecule has 0 saturated heterocycles. The molecular weight excluding hydrogens is 452 g/mol. The number of benzene rings is 1. The number of para-hydroxylation sites is 1. The zero-order valence-electron chi connectivity index (χ0n) is 16.7. The van der Waals surface area contributed by atoms with Gasteiger partial charge < -0.3 is 4.74 Å². The fourth-order valence-electron chi connectivity index (χ4n) is 2.93. The molecule has 31 heavy (non-hydrogen) atoms. The minimum absolute atomic E-state index is 0.314. The van der Waals surface area contributed by atoms with Crippen LogP contribution in [0.15, 0.2) is 42.3 Å². The number of hydrogen-bond acceptors (Lipinski definition) is 8. The van der Waals surface area contributed by atoms with Crippen LogP contribution in [-0.2, 0) is 6.54 Å². The summed E-state index contributed by atoms with van der Waals surface area (Å²) >= 11 is 7.98. The summed E-state index contributed by atoms with van der Waals surface area (Å²) in [6.45, 7) is 6.14. The second-order valence-electron chi connectivity index (χ2n) is 6.38. The fraction of sp³-hybridized carbons (Fsp3) is 0.150. The van der Waals surface area contributed by atoms with Crippen molar-refractivity contribution in [2.45, 2.75) is 13.5 Å². The highest BCUT2D eigenvalue weighted by Gasteiger charge is 2.19. The monoisotopic (exact) mass is 470 g/mol. The van der Waals surface area contributed by atoms with Gasteiger partial charge in [0.2, 0.25) is 0 Å². The molecule has 0 aliphatic heterocycles. The van der Waals surface area contributed by atoms with Crippen LogP contribution < -0.4 is 10.1 Å². The first-order chi connectivity index (χ1) is 15.0. The van der Waals surface area contributed by atoms with Crippen LogP contribution in [0.1, 0.15) is 16.2 Å². The summed E-state index contributed by atoms with van der Waals surface area (Å²) in [7, 11) is 1.61. The summed E-state index contributed by atoms with van der Waals surface area (Å²) in [5.74, 6) is 1.03. The minimum Gasteiger partial charge on any atom is -0.496 e. The summed E-state index contributed by atoms with van der Waals surface area (Å²) in [6.07, 6.45) is 1.75. The molecule has 8 nitrogen and oxygen atoms in total. The van der Waals surface area contributed by atoms with Gasteiger partial charge in [0.05, 0.1) is 23.2 Å². The van der Waals surface area contributed by atoms with E-state index in [4.69, 9.17) is 17.0 Å². The van der Waals surface area contributed by atoms with Crippen LogP contribution >= 0.6 is 34.9 Å². The number of hydrogen-bond donors (Lipinski definition) is 2. The standard InChI is InChI=1S/C20H18N6O2S3/c1-4-9-26-16(24-25-20(26)29)15-11(2)21-19(31-15)23-17(27)13-10-30-18(22-13)12-7-5-6-8-14(12)28-3/h4-8,10H,1,9H2,2-3H3,(H,25,29)(H,21,23,27). The van der Waals surface area contributed by atoms with Crippen molar-refractivity contribution in [1.82, 2.24) is 24.7 Å². The molecule has 0 atom stereocenters. The van der Waals surface area contributed by atoms with E-state index in [9.17, 15) is 4.79 Å². The average Bonchev–Trinajstić information content (AvgIpc) is 3.48. The maximum atomic E-state index is 12.8. The van der Waals surface area contributed by atoms with Gasteiger partial charge in [-0.2, -0.15) is 5.10 Å². The Bertz CT molecular complexity index is 1320. The van der Waals surface area contributed by atoms with Crippen molar-refractivity contribution in [2.24, 2.45) is 0 Å². The van der Waals surface area contributed by atoms with E-state index < -0.39 is 0 Å². The maximum Gasteiger partial charge on any atom is 0.276 e. The SMILES string of the molecule is C=CCn1c(-c2sc(NC(=O)c3csc(-c4ccccc4OC)n3)nc2C)n[nH]c1=S. The predicted molar refractivity (Wildman–Crippen MR) is 126 cm³/mol. The molecule has 0 saturated carbocycles. The average molecular weight is 471 g/mol. The van der Waals surface area contributed by atoms with Gasteiger partial charge in [0.1, 0.15) is 16.5 Å². The van der Waals surface area contributed by atoms with E-state index in [1.807, 2.05) is 35.8 Å². The van der Waals surface area contributed by atoms with Gasteiger partial charge in [-0.3, -0.25) is 19.8 Å². The highest BCUT2D eigenvalue weighted by Crippen LogP contribution is 2.34. The highest BCUT2D eigenvalue weighted by molar-refractivity contribution is 7.71. The van der Waals surface area contributed by atoms with Crippen LogP contribution in [0.3, 0.4) is 0 Å². The van der Waals surface area contributed by atoms with Gasteiger partial charge in [-0.15, -0.1) is 17.9 Å². The van der Waals surface area contributed by atoms with Crippen LogP contribution in [0, 0.1) is 11.7 Å². The van der Waals surface area contributed by atoms with Crippen LogP contribution in [0.2, 0.25) is 0 Å². The van der Waals surface area contributed by atoms with E-state index in [0.717, 1.165) is 16.1 Å². The van der Waals surface area contributed by atoms with Gasteiger partial charge in [-0.25, -0.2) is 9.97 Å².